The molecule has 2 heterocycles. The summed E-state index contributed by atoms with van der Waals surface area (Å²) in [5, 5.41) is 4.93. The Bertz CT molecular complexity index is 1230. The summed E-state index contributed by atoms with van der Waals surface area (Å²) in [6.45, 7) is 1.74. The highest BCUT2D eigenvalue weighted by Crippen LogP contribution is 2.40. The van der Waals surface area contributed by atoms with Crippen molar-refractivity contribution in [3.8, 4) is 5.75 Å². The van der Waals surface area contributed by atoms with Gasteiger partial charge in [-0.3, -0.25) is 9.78 Å². The van der Waals surface area contributed by atoms with Gasteiger partial charge in [0.25, 0.3) is 0 Å². The normalized spacial score (nSPS) is 11.8. The van der Waals surface area contributed by atoms with E-state index in [0.29, 0.717) is 38.4 Å². The number of pyridine rings is 1. The first kappa shape index (κ1) is 21.0. The zero-order valence-corrected chi connectivity index (χ0v) is 18.1. The number of esters is 1. The molecule has 0 saturated heterocycles. The number of benzene rings is 2. The summed E-state index contributed by atoms with van der Waals surface area (Å²) >= 11 is 12.9. The third-order valence-corrected chi connectivity index (χ3v) is 5.54. The van der Waals surface area contributed by atoms with Gasteiger partial charge in [0.15, 0.2) is 5.75 Å². The molecule has 4 rings (SSSR count). The standard InChI is InChI=1S/C23H18Cl2N4O2/c1-2-18(30)31-22-16(10-9-14-6-4-11-26-20(14)22)21(29-23-27-12-5-13-28-23)15-7-3-8-17(24)19(15)25/h3-13,21H,2H2,1H3,(H,27,28,29). The van der Waals surface area contributed by atoms with Crippen LogP contribution in [0.3, 0.4) is 0 Å². The molecule has 0 aliphatic carbocycles. The Morgan fingerprint density at radius 2 is 1.74 bits per heavy atom. The number of nitrogens with zero attached hydrogens (tertiary/aromatic N) is 3. The molecule has 2 aromatic heterocycles. The van der Waals surface area contributed by atoms with Crippen molar-refractivity contribution in [2.75, 3.05) is 5.32 Å². The number of hydrogen-bond acceptors (Lipinski definition) is 6. The van der Waals surface area contributed by atoms with Gasteiger partial charge in [0, 0.05) is 36.0 Å². The maximum Gasteiger partial charge on any atom is 0.310 e. The molecule has 8 heteroatoms. The highest BCUT2D eigenvalue weighted by atomic mass is 35.5. The lowest BCUT2D eigenvalue weighted by Gasteiger charge is -2.24. The van der Waals surface area contributed by atoms with Gasteiger partial charge in [0.1, 0.15) is 5.52 Å². The van der Waals surface area contributed by atoms with Gasteiger partial charge >= 0.3 is 5.97 Å². The van der Waals surface area contributed by atoms with Crippen LogP contribution in [0.25, 0.3) is 10.9 Å². The lowest BCUT2D eigenvalue weighted by atomic mass is 9.96. The van der Waals surface area contributed by atoms with Crippen molar-refractivity contribution in [1.29, 1.82) is 0 Å². The molecule has 1 atom stereocenters. The van der Waals surface area contributed by atoms with E-state index < -0.39 is 6.04 Å². The highest BCUT2D eigenvalue weighted by molar-refractivity contribution is 6.42. The van der Waals surface area contributed by atoms with Crippen LogP contribution in [0, 0.1) is 0 Å². The van der Waals surface area contributed by atoms with Gasteiger partial charge in [0.05, 0.1) is 16.1 Å². The molecule has 1 N–H and O–H groups in total. The van der Waals surface area contributed by atoms with Crippen molar-refractivity contribution in [2.45, 2.75) is 19.4 Å². The van der Waals surface area contributed by atoms with Gasteiger partial charge in [-0.15, -0.1) is 0 Å². The number of hydrogen-bond donors (Lipinski definition) is 1. The van der Waals surface area contributed by atoms with E-state index in [4.69, 9.17) is 27.9 Å². The Kier molecular flexibility index (Phi) is 6.30. The van der Waals surface area contributed by atoms with Crippen molar-refractivity contribution in [3.63, 3.8) is 0 Å². The van der Waals surface area contributed by atoms with E-state index in [1.807, 2.05) is 30.3 Å². The average Bonchev–Trinajstić information content (AvgIpc) is 2.80. The summed E-state index contributed by atoms with van der Waals surface area (Å²) in [6, 6.07) is 14.1. The molecule has 0 radical (unpaired) electrons. The van der Waals surface area contributed by atoms with Crippen LogP contribution in [0.2, 0.25) is 10.0 Å². The quantitative estimate of drug-likeness (QED) is 0.292. The molecule has 2 aromatic carbocycles. The molecular formula is C23H18Cl2N4O2. The van der Waals surface area contributed by atoms with E-state index in [9.17, 15) is 4.79 Å². The molecule has 1 unspecified atom stereocenters. The van der Waals surface area contributed by atoms with Crippen LogP contribution in [-0.2, 0) is 4.79 Å². The van der Waals surface area contributed by atoms with Gasteiger partial charge < -0.3 is 10.1 Å². The molecule has 0 spiro atoms. The lowest BCUT2D eigenvalue weighted by molar-refractivity contribution is -0.133. The number of rotatable bonds is 6. The summed E-state index contributed by atoms with van der Waals surface area (Å²) in [7, 11) is 0. The molecule has 4 aromatic rings. The molecule has 0 bridgehead atoms. The largest absolute Gasteiger partial charge is 0.424 e. The van der Waals surface area contributed by atoms with Crippen LogP contribution >= 0.6 is 23.2 Å². The fraction of sp³-hybridized carbons (Fsp3) is 0.130. The smallest absolute Gasteiger partial charge is 0.310 e. The monoisotopic (exact) mass is 452 g/mol. The van der Waals surface area contributed by atoms with Crippen LogP contribution in [0.15, 0.2) is 67.1 Å². The second-order valence-electron chi connectivity index (χ2n) is 6.68. The minimum Gasteiger partial charge on any atom is -0.424 e. The van der Waals surface area contributed by atoms with Crippen molar-refractivity contribution in [1.82, 2.24) is 15.0 Å². The zero-order valence-electron chi connectivity index (χ0n) is 16.5. The number of halogens is 2. The summed E-state index contributed by atoms with van der Waals surface area (Å²) in [4.78, 5) is 25.3. The van der Waals surface area contributed by atoms with E-state index in [-0.39, 0.29) is 12.4 Å². The molecule has 0 aliphatic rings. The predicted molar refractivity (Wildman–Crippen MR) is 122 cm³/mol. The topological polar surface area (TPSA) is 77.0 Å². The molecule has 0 fully saturated rings. The van der Waals surface area contributed by atoms with E-state index in [2.05, 4.69) is 20.3 Å². The van der Waals surface area contributed by atoms with E-state index >= 15 is 0 Å². The first-order chi connectivity index (χ1) is 15.1. The molecule has 0 aliphatic heterocycles. The van der Waals surface area contributed by atoms with Crippen LogP contribution < -0.4 is 10.1 Å². The number of anilines is 1. The molecule has 0 saturated carbocycles. The van der Waals surface area contributed by atoms with Crippen LogP contribution in [0.1, 0.15) is 30.5 Å². The van der Waals surface area contributed by atoms with Gasteiger partial charge in [-0.1, -0.05) is 60.5 Å². The van der Waals surface area contributed by atoms with E-state index in [0.717, 1.165) is 5.39 Å². The molecule has 0 amide bonds. The zero-order chi connectivity index (χ0) is 21.8. The Labute approximate surface area is 189 Å². The number of fused-ring (bicyclic) bond motifs is 1. The molecular weight excluding hydrogens is 435 g/mol. The van der Waals surface area contributed by atoms with Crippen molar-refractivity contribution >= 4 is 46.0 Å². The summed E-state index contributed by atoms with van der Waals surface area (Å²) < 4.78 is 5.76. The van der Waals surface area contributed by atoms with Gasteiger partial charge in [-0.05, 0) is 23.8 Å². The minimum atomic E-state index is -0.556. The van der Waals surface area contributed by atoms with Crippen molar-refractivity contribution < 1.29 is 9.53 Å². The third kappa shape index (κ3) is 4.45. The van der Waals surface area contributed by atoms with Gasteiger partial charge in [-0.25, -0.2) is 9.97 Å². The fourth-order valence-electron chi connectivity index (χ4n) is 3.22. The Balaban J connectivity index is 1.95. The Hall–Kier alpha value is -3.22. The minimum absolute atomic E-state index is 0.223. The maximum absolute atomic E-state index is 12.3. The first-order valence-electron chi connectivity index (χ1n) is 9.64. The fourth-order valence-corrected chi connectivity index (χ4v) is 3.64. The van der Waals surface area contributed by atoms with Crippen LogP contribution in [0.5, 0.6) is 5.75 Å². The lowest BCUT2D eigenvalue weighted by Crippen LogP contribution is -2.18. The molecule has 31 heavy (non-hydrogen) atoms. The van der Waals surface area contributed by atoms with E-state index in [1.165, 1.54) is 0 Å². The van der Waals surface area contributed by atoms with Crippen LogP contribution in [-0.4, -0.2) is 20.9 Å². The van der Waals surface area contributed by atoms with Crippen molar-refractivity contribution in [2.24, 2.45) is 0 Å². The summed E-state index contributed by atoms with van der Waals surface area (Å²) in [5.41, 5.74) is 1.91. The second-order valence-corrected chi connectivity index (χ2v) is 7.46. The van der Waals surface area contributed by atoms with Crippen molar-refractivity contribution in [3.05, 3.63) is 88.3 Å². The average molecular weight is 453 g/mol. The van der Waals surface area contributed by atoms with Crippen LogP contribution in [0.4, 0.5) is 5.95 Å². The van der Waals surface area contributed by atoms with E-state index in [1.54, 1.807) is 43.7 Å². The number of nitrogens with one attached hydrogen (secondary N) is 1. The second kappa shape index (κ2) is 9.29. The summed E-state index contributed by atoms with van der Waals surface area (Å²) in [5.74, 6) is 0.373. The predicted octanol–water partition coefficient (Wildman–Crippen LogP) is 5.85. The summed E-state index contributed by atoms with van der Waals surface area (Å²) in [6.07, 6.45) is 5.14. The number of carbonyl (C=O) groups excluding carboxylic acids is 1. The molecule has 156 valence electrons. The van der Waals surface area contributed by atoms with Gasteiger partial charge in [-0.2, -0.15) is 0 Å². The third-order valence-electron chi connectivity index (χ3n) is 4.71. The SMILES string of the molecule is CCC(=O)Oc1c(C(Nc2ncccn2)c2cccc(Cl)c2Cl)ccc2cccnc12. The Morgan fingerprint density at radius 3 is 2.52 bits per heavy atom. The molecule has 6 nitrogen and oxygen atoms in total. The number of aromatic nitrogens is 3. The Morgan fingerprint density at radius 1 is 0.968 bits per heavy atom. The number of ether oxygens (including phenoxy) is 1. The maximum atomic E-state index is 12.3. The highest BCUT2D eigenvalue weighted by Gasteiger charge is 2.25. The van der Waals surface area contributed by atoms with Gasteiger partial charge in [0.2, 0.25) is 5.95 Å². The first-order valence-corrected chi connectivity index (χ1v) is 10.4. The number of carbonyl (C=O) groups is 1.